The number of rotatable bonds is 6. The molecular weight excluding hydrogens is 302 g/mol. The van der Waals surface area contributed by atoms with Gasteiger partial charge in [-0.15, -0.1) is 0 Å². The van der Waals surface area contributed by atoms with E-state index in [1.165, 1.54) is 5.69 Å². The highest BCUT2D eigenvalue weighted by Gasteiger charge is 2.30. The average molecular weight is 331 g/mol. The fourth-order valence-electron chi connectivity index (χ4n) is 3.17. The molecule has 2 aliphatic rings. The molecule has 5 heteroatoms. The van der Waals surface area contributed by atoms with Gasteiger partial charge in [-0.3, -0.25) is 4.79 Å². The number of carbonyl (C=O) groups excluding carboxylic acids is 1. The van der Waals surface area contributed by atoms with E-state index in [1.807, 2.05) is 11.9 Å². The van der Waals surface area contributed by atoms with Crippen LogP contribution >= 0.6 is 0 Å². The van der Waals surface area contributed by atoms with E-state index in [0.29, 0.717) is 12.6 Å². The zero-order valence-electron chi connectivity index (χ0n) is 15.1. The van der Waals surface area contributed by atoms with Crippen LogP contribution in [0.4, 0.5) is 11.4 Å². The number of hydrogen-bond acceptors (Lipinski definition) is 4. The summed E-state index contributed by atoms with van der Waals surface area (Å²) in [6.07, 6.45) is 2.30. The second-order valence-electron chi connectivity index (χ2n) is 7.07. The molecule has 0 bridgehead atoms. The molecular formula is C19H29N3O2. The maximum atomic E-state index is 12.5. The SMILES string of the molecule is CC(C)N(CC(=O)N(C)C1CC1)c1ccc(N2CCOCC2)cc1. The Morgan fingerprint density at radius 3 is 2.38 bits per heavy atom. The lowest BCUT2D eigenvalue weighted by Gasteiger charge is -2.32. The van der Waals surface area contributed by atoms with Crippen LogP contribution in [0.3, 0.4) is 0 Å². The number of amides is 1. The first-order chi connectivity index (χ1) is 11.6. The van der Waals surface area contributed by atoms with Crippen molar-refractivity contribution in [2.24, 2.45) is 0 Å². The molecule has 1 amide bonds. The Bertz CT molecular complexity index is 548. The van der Waals surface area contributed by atoms with E-state index in [1.54, 1.807) is 0 Å². The van der Waals surface area contributed by atoms with Crippen LogP contribution in [0.15, 0.2) is 24.3 Å². The number of likely N-dealkylation sites (N-methyl/N-ethyl adjacent to an activating group) is 1. The van der Waals surface area contributed by atoms with Crippen molar-refractivity contribution in [3.63, 3.8) is 0 Å². The molecule has 1 aromatic carbocycles. The van der Waals surface area contributed by atoms with E-state index in [-0.39, 0.29) is 11.9 Å². The number of anilines is 2. The Balaban J connectivity index is 1.67. The summed E-state index contributed by atoms with van der Waals surface area (Å²) in [5, 5.41) is 0. The van der Waals surface area contributed by atoms with Gasteiger partial charge in [0.2, 0.25) is 5.91 Å². The molecule has 1 saturated carbocycles. The summed E-state index contributed by atoms with van der Waals surface area (Å²) in [5.74, 6) is 0.212. The summed E-state index contributed by atoms with van der Waals surface area (Å²) in [7, 11) is 1.93. The topological polar surface area (TPSA) is 36.0 Å². The van der Waals surface area contributed by atoms with Gasteiger partial charge in [-0.05, 0) is 51.0 Å². The lowest BCUT2D eigenvalue weighted by atomic mass is 10.2. The van der Waals surface area contributed by atoms with Gasteiger partial charge < -0.3 is 19.4 Å². The molecule has 0 atom stereocenters. The van der Waals surface area contributed by atoms with Crippen molar-refractivity contribution in [3.8, 4) is 0 Å². The van der Waals surface area contributed by atoms with Gasteiger partial charge in [-0.1, -0.05) is 0 Å². The molecule has 0 N–H and O–H groups in total. The first kappa shape index (κ1) is 17.1. The molecule has 132 valence electrons. The molecule has 2 fully saturated rings. The maximum absolute atomic E-state index is 12.5. The fourth-order valence-corrected chi connectivity index (χ4v) is 3.17. The second-order valence-corrected chi connectivity index (χ2v) is 7.07. The van der Waals surface area contributed by atoms with E-state index in [4.69, 9.17) is 4.74 Å². The third-order valence-electron chi connectivity index (χ3n) is 4.97. The normalized spacial score (nSPS) is 17.9. The Morgan fingerprint density at radius 2 is 1.83 bits per heavy atom. The predicted molar refractivity (Wildman–Crippen MR) is 97.7 cm³/mol. The van der Waals surface area contributed by atoms with Crippen LogP contribution in [0.1, 0.15) is 26.7 Å². The first-order valence-corrected chi connectivity index (χ1v) is 9.01. The van der Waals surface area contributed by atoms with Crippen LogP contribution < -0.4 is 9.80 Å². The van der Waals surface area contributed by atoms with Gasteiger partial charge in [0.25, 0.3) is 0 Å². The molecule has 0 aromatic heterocycles. The molecule has 0 spiro atoms. The number of benzene rings is 1. The van der Waals surface area contributed by atoms with Crippen LogP contribution in [0, 0.1) is 0 Å². The summed E-state index contributed by atoms with van der Waals surface area (Å²) >= 11 is 0. The van der Waals surface area contributed by atoms with E-state index < -0.39 is 0 Å². The van der Waals surface area contributed by atoms with Crippen molar-refractivity contribution in [1.82, 2.24) is 4.90 Å². The minimum atomic E-state index is 0.212. The molecule has 0 unspecified atom stereocenters. The third-order valence-corrected chi connectivity index (χ3v) is 4.97. The molecule has 5 nitrogen and oxygen atoms in total. The molecule has 3 rings (SSSR count). The highest BCUT2D eigenvalue weighted by molar-refractivity contribution is 5.82. The Hall–Kier alpha value is -1.75. The van der Waals surface area contributed by atoms with Gasteiger partial charge in [0.15, 0.2) is 0 Å². The quantitative estimate of drug-likeness (QED) is 0.802. The average Bonchev–Trinajstić information content (AvgIpc) is 3.44. The molecule has 0 radical (unpaired) electrons. The van der Waals surface area contributed by atoms with Gasteiger partial charge in [-0.2, -0.15) is 0 Å². The molecule has 24 heavy (non-hydrogen) atoms. The molecule has 1 aliphatic carbocycles. The van der Waals surface area contributed by atoms with Crippen LogP contribution in [0.5, 0.6) is 0 Å². The van der Waals surface area contributed by atoms with Crippen molar-refractivity contribution < 1.29 is 9.53 Å². The van der Waals surface area contributed by atoms with Crippen molar-refractivity contribution in [1.29, 1.82) is 0 Å². The molecule has 1 saturated heterocycles. The standard InChI is InChI=1S/C19H29N3O2/c1-15(2)22(14-19(23)20(3)16-4-5-16)18-8-6-17(7-9-18)21-10-12-24-13-11-21/h6-9,15-16H,4-5,10-14H2,1-3H3. The maximum Gasteiger partial charge on any atom is 0.242 e. The largest absolute Gasteiger partial charge is 0.378 e. The van der Waals surface area contributed by atoms with Gasteiger partial charge in [0.1, 0.15) is 0 Å². The van der Waals surface area contributed by atoms with Crippen LogP contribution in [-0.4, -0.2) is 62.8 Å². The number of carbonyl (C=O) groups is 1. The molecule has 1 aliphatic heterocycles. The number of nitrogens with zero attached hydrogens (tertiary/aromatic N) is 3. The van der Waals surface area contributed by atoms with E-state index in [0.717, 1.165) is 44.8 Å². The summed E-state index contributed by atoms with van der Waals surface area (Å²) in [4.78, 5) is 18.9. The number of ether oxygens (including phenoxy) is 1. The minimum absolute atomic E-state index is 0.212. The van der Waals surface area contributed by atoms with Gasteiger partial charge in [0, 0.05) is 43.6 Å². The Labute approximate surface area is 145 Å². The summed E-state index contributed by atoms with van der Waals surface area (Å²) in [6, 6.07) is 9.34. The zero-order valence-corrected chi connectivity index (χ0v) is 15.1. The van der Waals surface area contributed by atoms with Crippen molar-refractivity contribution in [2.45, 2.75) is 38.8 Å². The number of morpholine rings is 1. The zero-order chi connectivity index (χ0) is 17.1. The van der Waals surface area contributed by atoms with E-state index >= 15 is 0 Å². The van der Waals surface area contributed by atoms with Crippen LogP contribution in [-0.2, 0) is 9.53 Å². The van der Waals surface area contributed by atoms with Crippen molar-refractivity contribution in [2.75, 3.05) is 49.7 Å². The highest BCUT2D eigenvalue weighted by Crippen LogP contribution is 2.27. The van der Waals surface area contributed by atoms with Crippen LogP contribution in [0.2, 0.25) is 0 Å². The minimum Gasteiger partial charge on any atom is -0.378 e. The van der Waals surface area contributed by atoms with Crippen molar-refractivity contribution >= 4 is 17.3 Å². The number of hydrogen-bond donors (Lipinski definition) is 0. The molecule has 1 aromatic rings. The van der Waals surface area contributed by atoms with Gasteiger partial charge >= 0.3 is 0 Å². The highest BCUT2D eigenvalue weighted by atomic mass is 16.5. The Kier molecular flexibility index (Phi) is 5.29. The first-order valence-electron chi connectivity index (χ1n) is 9.01. The summed E-state index contributed by atoms with van der Waals surface area (Å²) < 4.78 is 5.41. The summed E-state index contributed by atoms with van der Waals surface area (Å²) in [6.45, 7) is 8.20. The van der Waals surface area contributed by atoms with Gasteiger partial charge in [-0.25, -0.2) is 0 Å². The Morgan fingerprint density at radius 1 is 1.21 bits per heavy atom. The van der Waals surface area contributed by atoms with E-state index in [2.05, 4.69) is 47.9 Å². The molecule has 1 heterocycles. The predicted octanol–water partition coefficient (Wildman–Crippen LogP) is 2.36. The monoisotopic (exact) mass is 331 g/mol. The lowest BCUT2D eigenvalue weighted by Crippen LogP contribution is -2.42. The van der Waals surface area contributed by atoms with E-state index in [9.17, 15) is 4.79 Å². The smallest absolute Gasteiger partial charge is 0.242 e. The lowest BCUT2D eigenvalue weighted by molar-refractivity contribution is -0.129. The van der Waals surface area contributed by atoms with Crippen molar-refractivity contribution in [3.05, 3.63) is 24.3 Å². The van der Waals surface area contributed by atoms with Crippen LogP contribution in [0.25, 0.3) is 0 Å². The fraction of sp³-hybridized carbons (Fsp3) is 0.632. The van der Waals surface area contributed by atoms with Gasteiger partial charge in [0.05, 0.1) is 19.8 Å². The second kappa shape index (κ2) is 7.43. The third kappa shape index (κ3) is 4.01. The summed E-state index contributed by atoms with van der Waals surface area (Å²) in [5.41, 5.74) is 2.34.